The molecule has 4 nitrogen and oxygen atoms in total. The third-order valence-electron chi connectivity index (χ3n) is 5.33. The van der Waals surface area contributed by atoms with Crippen LogP contribution < -0.4 is 0 Å². The molecule has 0 aliphatic carbocycles. The number of aromatic hydroxyl groups is 1. The first-order chi connectivity index (χ1) is 13.6. The maximum Gasteiger partial charge on any atom is 0.135 e. The molecule has 0 atom stereocenters. The van der Waals surface area contributed by atoms with Crippen molar-refractivity contribution in [2.45, 2.75) is 18.1 Å². The molecule has 1 saturated heterocycles. The normalized spacial score (nSPS) is 15.4. The molecule has 148 valence electrons. The zero-order valence-electron chi connectivity index (χ0n) is 16.0. The van der Waals surface area contributed by atoms with Gasteiger partial charge in [-0.2, -0.15) is 11.8 Å². The van der Waals surface area contributed by atoms with Crippen LogP contribution in [0.5, 0.6) is 5.75 Å². The van der Waals surface area contributed by atoms with Gasteiger partial charge in [0.25, 0.3) is 0 Å². The number of benzene rings is 2. The van der Waals surface area contributed by atoms with E-state index in [1.807, 2.05) is 17.8 Å². The molecular formula is C22H25BrN2O2S. The number of fused-ring (bicyclic) bond motifs is 1. The van der Waals surface area contributed by atoms with E-state index in [9.17, 15) is 5.11 Å². The first-order valence-electron chi connectivity index (χ1n) is 9.54. The van der Waals surface area contributed by atoms with Gasteiger partial charge in [0.05, 0.1) is 17.7 Å². The number of ether oxygens (including phenoxy) is 1. The van der Waals surface area contributed by atoms with Crippen LogP contribution in [-0.4, -0.2) is 40.9 Å². The van der Waals surface area contributed by atoms with Gasteiger partial charge in [-0.25, -0.2) is 0 Å². The van der Waals surface area contributed by atoms with Crippen molar-refractivity contribution < 1.29 is 9.84 Å². The summed E-state index contributed by atoms with van der Waals surface area (Å²) < 4.78 is 8.47. The summed E-state index contributed by atoms with van der Waals surface area (Å²) >= 11 is 5.46. The van der Waals surface area contributed by atoms with Crippen LogP contribution in [0.15, 0.2) is 46.9 Å². The Morgan fingerprint density at radius 1 is 1.11 bits per heavy atom. The fourth-order valence-corrected chi connectivity index (χ4v) is 5.15. The van der Waals surface area contributed by atoms with Crippen LogP contribution in [0.4, 0.5) is 0 Å². The van der Waals surface area contributed by atoms with E-state index in [1.165, 1.54) is 11.3 Å². The Labute approximate surface area is 178 Å². The standard InChI is InChI=1S/C22H25BrN2O2S/c1-24-17(15-28-14-16-5-3-2-4-6-16)11-18-19(13-25-7-9-27-10-8-25)22(26)20(23)12-21(18)24/h2-6,11-12,26H,7-10,13-15H2,1H3. The van der Waals surface area contributed by atoms with Crippen LogP contribution in [0.3, 0.4) is 0 Å². The summed E-state index contributed by atoms with van der Waals surface area (Å²) in [5.41, 5.74) is 4.78. The number of hydrogen-bond acceptors (Lipinski definition) is 4. The van der Waals surface area contributed by atoms with Gasteiger partial charge in [-0.1, -0.05) is 30.3 Å². The number of phenols is 1. The summed E-state index contributed by atoms with van der Waals surface area (Å²) in [4.78, 5) is 2.35. The second kappa shape index (κ2) is 8.91. The van der Waals surface area contributed by atoms with E-state index < -0.39 is 0 Å². The molecule has 6 heteroatoms. The molecule has 0 spiro atoms. The van der Waals surface area contributed by atoms with Gasteiger partial charge in [-0.15, -0.1) is 0 Å². The second-order valence-corrected chi connectivity index (χ2v) is 9.02. The summed E-state index contributed by atoms with van der Waals surface area (Å²) in [6.07, 6.45) is 0. The Balaban J connectivity index is 1.58. The number of aryl methyl sites for hydroxylation is 1. The van der Waals surface area contributed by atoms with Gasteiger partial charge in [0.15, 0.2) is 0 Å². The Hall–Kier alpha value is -1.47. The molecular weight excluding hydrogens is 436 g/mol. The summed E-state index contributed by atoms with van der Waals surface area (Å²) in [5.74, 6) is 2.29. The number of nitrogens with zero attached hydrogens (tertiary/aromatic N) is 2. The first kappa shape index (κ1) is 19.8. The third-order valence-corrected chi connectivity index (χ3v) is 6.97. The van der Waals surface area contributed by atoms with Gasteiger partial charge < -0.3 is 14.4 Å². The van der Waals surface area contributed by atoms with Crippen molar-refractivity contribution >= 4 is 38.6 Å². The molecule has 0 saturated carbocycles. The molecule has 1 N–H and O–H groups in total. The lowest BCUT2D eigenvalue weighted by molar-refractivity contribution is 0.0340. The zero-order valence-corrected chi connectivity index (χ0v) is 18.4. The number of halogens is 1. The van der Waals surface area contributed by atoms with Gasteiger partial charge in [-0.3, -0.25) is 4.90 Å². The van der Waals surface area contributed by atoms with Crippen molar-refractivity contribution in [1.82, 2.24) is 9.47 Å². The van der Waals surface area contributed by atoms with Crippen LogP contribution in [0, 0.1) is 0 Å². The van der Waals surface area contributed by atoms with E-state index in [0.717, 1.165) is 65.3 Å². The molecule has 1 fully saturated rings. The fourth-order valence-electron chi connectivity index (χ4n) is 3.68. The van der Waals surface area contributed by atoms with Gasteiger partial charge >= 0.3 is 0 Å². The fraction of sp³-hybridized carbons (Fsp3) is 0.364. The average Bonchev–Trinajstić information content (AvgIpc) is 3.03. The predicted molar refractivity (Wildman–Crippen MR) is 120 cm³/mol. The van der Waals surface area contributed by atoms with Gasteiger partial charge in [0.2, 0.25) is 0 Å². The molecule has 1 aliphatic heterocycles. The molecule has 0 radical (unpaired) electrons. The minimum atomic E-state index is 0.355. The minimum Gasteiger partial charge on any atom is -0.506 e. The van der Waals surface area contributed by atoms with Crippen LogP contribution in [0.2, 0.25) is 0 Å². The number of phenolic OH excluding ortho intramolecular Hbond substituents is 1. The van der Waals surface area contributed by atoms with Crippen LogP contribution >= 0.6 is 27.7 Å². The monoisotopic (exact) mass is 460 g/mol. The number of morpholine rings is 1. The van der Waals surface area contributed by atoms with E-state index in [0.29, 0.717) is 5.75 Å². The maximum absolute atomic E-state index is 10.7. The average molecular weight is 461 g/mol. The highest BCUT2D eigenvalue weighted by molar-refractivity contribution is 9.10. The highest BCUT2D eigenvalue weighted by Gasteiger charge is 2.19. The first-order valence-corrected chi connectivity index (χ1v) is 11.5. The molecule has 2 heterocycles. The zero-order chi connectivity index (χ0) is 19.5. The summed E-state index contributed by atoms with van der Waals surface area (Å²) in [7, 11) is 2.11. The highest BCUT2D eigenvalue weighted by Crippen LogP contribution is 2.37. The summed E-state index contributed by atoms with van der Waals surface area (Å²) in [6.45, 7) is 4.06. The Kier molecular flexibility index (Phi) is 6.31. The van der Waals surface area contributed by atoms with E-state index in [-0.39, 0.29) is 0 Å². The molecule has 1 aromatic heterocycles. The third kappa shape index (κ3) is 4.25. The Morgan fingerprint density at radius 2 is 1.86 bits per heavy atom. The lowest BCUT2D eigenvalue weighted by atomic mass is 10.1. The number of rotatable bonds is 6. The molecule has 0 unspecified atom stereocenters. The van der Waals surface area contributed by atoms with Crippen LogP contribution in [-0.2, 0) is 29.8 Å². The smallest absolute Gasteiger partial charge is 0.135 e. The van der Waals surface area contributed by atoms with Crippen molar-refractivity contribution in [1.29, 1.82) is 0 Å². The van der Waals surface area contributed by atoms with E-state index >= 15 is 0 Å². The van der Waals surface area contributed by atoms with Crippen LogP contribution in [0.1, 0.15) is 16.8 Å². The molecule has 4 rings (SSSR count). The number of hydrogen-bond donors (Lipinski definition) is 1. The number of aromatic nitrogens is 1. The van der Waals surface area contributed by atoms with E-state index in [2.05, 4.69) is 68.8 Å². The Bertz CT molecular complexity index is 952. The molecule has 2 aromatic carbocycles. The van der Waals surface area contributed by atoms with Crippen molar-refractivity contribution in [2.75, 3.05) is 26.3 Å². The quantitative estimate of drug-likeness (QED) is 0.566. The SMILES string of the molecule is Cn1c(CSCc2ccccc2)cc2c(CN3CCOCC3)c(O)c(Br)cc21. The maximum atomic E-state index is 10.7. The molecule has 0 amide bonds. The van der Waals surface area contributed by atoms with Crippen molar-refractivity contribution in [3.63, 3.8) is 0 Å². The number of thioether (sulfide) groups is 1. The molecule has 28 heavy (non-hydrogen) atoms. The van der Waals surface area contributed by atoms with Gasteiger partial charge in [0, 0.05) is 60.3 Å². The van der Waals surface area contributed by atoms with E-state index in [4.69, 9.17) is 4.74 Å². The largest absolute Gasteiger partial charge is 0.506 e. The molecule has 1 aliphatic rings. The predicted octanol–water partition coefficient (Wildman–Crippen LogP) is 4.91. The second-order valence-electron chi connectivity index (χ2n) is 7.18. The van der Waals surface area contributed by atoms with Crippen LogP contribution in [0.25, 0.3) is 10.9 Å². The topological polar surface area (TPSA) is 37.6 Å². The van der Waals surface area contributed by atoms with Gasteiger partial charge in [-0.05, 0) is 33.6 Å². The summed E-state index contributed by atoms with van der Waals surface area (Å²) in [5, 5.41) is 11.9. The van der Waals surface area contributed by atoms with Crippen molar-refractivity contribution in [3.8, 4) is 5.75 Å². The summed E-state index contributed by atoms with van der Waals surface area (Å²) in [6, 6.07) is 14.8. The Morgan fingerprint density at radius 3 is 2.61 bits per heavy atom. The molecule has 0 bridgehead atoms. The lowest BCUT2D eigenvalue weighted by Gasteiger charge is -2.27. The minimum absolute atomic E-state index is 0.355. The lowest BCUT2D eigenvalue weighted by Crippen LogP contribution is -2.35. The van der Waals surface area contributed by atoms with Gasteiger partial charge in [0.1, 0.15) is 5.75 Å². The highest BCUT2D eigenvalue weighted by atomic mass is 79.9. The van der Waals surface area contributed by atoms with Crippen molar-refractivity contribution in [3.05, 3.63) is 63.8 Å². The van der Waals surface area contributed by atoms with E-state index in [1.54, 1.807) is 0 Å². The molecule has 3 aromatic rings. The van der Waals surface area contributed by atoms with Crippen molar-refractivity contribution in [2.24, 2.45) is 7.05 Å².